The SMILES string of the molecule is c1ccc(-c2nc(-n3c4cc(-c5nc6ccccc6c6c7ccccc7c7sc8ccccc8c7c56)ccc4c4cccnc43)nc3ccccc23)cc1. The van der Waals surface area contributed by atoms with Gasteiger partial charge in [0, 0.05) is 75.2 Å². The lowest BCUT2D eigenvalue weighted by molar-refractivity contribution is 0.998. The van der Waals surface area contributed by atoms with Crippen LogP contribution in [0.15, 0.2) is 164 Å². The summed E-state index contributed by atoms with van der Waals surface area (Å²) in [6, 6.07) is 55.6. The van der Waals surface area contributed by atoms with Crippen LogP contribution in [-0.2, 0) is 0 Å². The molecule has 12 rings (SSSR count). The van der Waals surface area contributed by atoms with Crippen molar-refractivity contribution in [3.05, 3.63) is 164 Å². The lowest BCUT2D eigenvalue weighted by Gasteiger charge is -2.15. The van der Waals surface area contributed by atoms with Crippen LogP contribution >= 0.6 is 11.3 Å². The topological polar surface area (TPSA) is 56.5 Å². The summed E-state index contributed by atoms with van der Waals surface area (Å²) in [5.41, 5.74) is 7.55. The van der Waals surface area contributed by atoms with Gasteiger partial charge in [0.2, 0.25) is 5.95 Å². The summed E-state index contributed by atoms with van der Waals surface area (Å²) in [4.78, 5) is 21.0. The monoisotopic (exact) mass is 705 g/mol. The minimum atomic E-state index is 0.581. The van der Waals surface area contributed by atoms with Crippen molar-refractivity contribution in [1.29, 1.82) is 0 Å². The predicted octanol–water partition coefficient (Wildman–Crippen LogP) is 12.7. The van der Waals surface area contributed by atoms with Crippen molar-refractivity contribution < 1.29 is 0 Å². The minimum absolute atomic E-state index is 0.581. The largest absolute Gasteiger partial charge is 0.262 e. The molecule has 0 amide bonds. The number of fused-ring (bicyclic) bond motifs is 14. The Bertz CT molecular complexity index is 3510. The first-order chi connectivity index (χ1) is 26.8. The fraction of sp³-hybridized carbons (Fsp3) is 0. The molecule has 5 heterocycles. The third-order valence-corrected chi connectivity index (χ3v) is 12.0. The Balaban J connectivity index is 1.23. The lowest BCUT2D eigenvalue weighted by atomic mass is 9.91. The fourth-order valence-corrected chi connectivity index (χ4v) is 9.75. The van der Waals surface area contributed by atoms with E-state index in [1.807, 2.05) is 41.8 Å². The maximum absolute atomic E-state index is 5.52. The molecule has 0 aliphatic carbocycles. The molecule has 0 fully saturated rings. The van der Waals surface area contributed by atoms with Crippen LogP contribution in [0.5, 0.6) is 0 Å². The van der Waals surface area contributed by atoms with Crippen LogP contribution in [0, 0.1) is 0 Å². The molecule has 5 aromatic heterocycles. The Labute approximate surface area is 312 Å². The normalized spacial score (nSPS) is 12.1. The van der Waals surface area contributed by atoms with Gasteiger partial charge in [-0.3, -0.25) is 4.57 Å². The molecule has 5 nitrogen and oxygen atoms in total. The predicted molar refractivity (Wildman–Crippen MR) is 226 cm³/mol. The van der Waals surface area contributed by atoms with E-state index in [0.29, 0.717) is 5.95 Å². The van der Waals surface area contributed by atoms with E-state index in [-0.39, 0.29) is 0 Å². The van der Waals surface area contributed by atoms with E-state index in [0.717, 1.165) is 66.3 Å². The third kappa shape index (κ3) is 4.14. The molecule has 0 aliphatic heterocycles. The molecule has 7 aromatic carbocycles. The second kappa shape index (κ2) is 11.2. The summed E-state index contributed by atoms with van der Waals surface area (Å²) in [5, 5.41) is 11.7. The second-order valence-electron chi connectivity index (χ2n) is 13.8. The van der Waals surface area contributed by atoms with Crippen LogP contribution in [0.4, 0.5) is 0 Å². The number of pyridine rings is 2. The minimum Gasteiger partial charge on any atom is -0.262 e. The van der Waals surface area contributed by atoms with E-state index in [9.17, 15) is 0 Å². The number of hydrogen-bond donors (Lipinski definition) is 0. The number of nitrogens with zero attached hydrogens (tertiary/aromatic N) is 5. The molecule has 54 heavy (non-hydrogen) atoms. The molecule has 0 spiro atoms. The molecule has 0 saturated heterocycles. The number of aromatic nitrogens is 5. The molecule has 0 saturated carbocycles. The Morgan fingerprint density at radius 3 is 1.96 bits per heavy atom. The van der Waals surface area contributed by atoms with Gasteiger partial charge >= 0.3 is 0 Å². The summed E-state index contributed by atoms with van der Waals surface area (Å²) in [6.45, 7) is 0. The van der Waals surface area contributed by atoms with Crippen LogP contribution in [0.3, 0.4) is 0 Å². The molecule has 0 bridgehead atoms. The van der Waals surface area contributed by atoms with Gasteiger partial charge in [-0.2, -0.15) is 0 Å². The van der Waals surface area contributed by atoms with Crippen LogP contribution in [0.2, 0.25) is 0 Å². The number of hydrogen-bond acceptors (Lipinski definition) is 5. The first-order valence-electron chi connectivity index (χ1n) is 18.1. The molecular formula is C48H27N5S. The Kier molecular flexibility index (Phi) is 6.15. The van der Waals surface area contributed by atoms with Gasteiger partial charge in [-0.15, -0.1) is 11.3 Å². The smallest absolute Gasteiger partial charge is 0.237 e. The zero-order chi connectivity index (χ0) is 35.3. The third-order valence-electron chi connectivity index (χ3n) is 10.8. The van der Waals surface area contributed by atoms with Crippen molar-refractivity contribution in [2.24, 2.45) is 0 Å². The van der Waals surface area contributed by atoms with Gasteiger partial charge in [-0.1, -0.05) is 121 Å². The van der Waals surface area contributed by atoms with E-state index in [2.05, 4.69) is 138 Å². The zero-order valence-corrected chi connectivity index (χ0v) is 29.5. The lowest BCUT2D eigenvalue weighted by Crippen LogP contribution is -2.04. The molecule has 250 valence electrons. The standard InChI is InChI=1S/C48H27N5S/c1-2-13-28(14-3-1)44-35-18-7-10-22-38(35)51-48(52-44)53-39-27-29(24-25-30(39)33-20-12-26-49-47(33)53)45-43-41(34-17-6-9-21-37(34)50-45)31-15-4-5-16-32(31)46-42(43)36-19-8-11-23-40(36)54-46/h1-27H. The summed E-state index contributed by atoms with van der Waals surface area (Å²) < 4.78 is 4.69. The average Bonchev–Trinajstić information content (AvgIpc) is 3.79. The number of benzene rings is 7. The van der Waals surface area contributed by atoms with Crippen molar-refractivity contribution in [3.8, 4) is 28.5 Å². The van der Waals surface area contributed by atoms with Crippen molar-refractivity contribution in [2.45, 2.75) is 0 Å². The highest BCUT2D eigenvalue weighted by Crippen LogP contribution is 2.48. The summed E-state index contributed by atoms with van der Waals surface area (Å²) >= 11 is 1.86. The summed E-state index contributed by atoms with van der Waals surface area (Å²) in [5.74, 6) is 0.581. The first kappa shape index (κ1) is 29.5. The highest BCUT2D eigenvalue weighted by atomic mass is 32.1. The van der Waals surface area contributed by atoms with E-state index in [4.69, 9.17) is 19.9 Å². The van der Waals surface area contributed by atoms with Gasteiger partial charge in [-0.25, -0.2) is 19.9 Å². The summed E-state index contributed by atoms with van der Waals surface area (Å²) in [7, 11) is 0. The molecule has 0 radical (unpaired) electrons. The molecule has 12 aromatic rings. The van der Waals surface area contributed by atoms with Crippen molar-refractivity contribution >= 4 is 96.8 Å². The van der Waals surface area contributed by atoms with Crippen molar-refractivity contribution in [3.63, 3.8) is 0 Å². The van der Waals surface area contributed by atoms with Crippen molar-refractivity contribution in [2.75, 3.05) is 0 Å². The zero-order valence-electron chi connectivity index (χ0n) is 28.7. The fourth-order valence-electron chi connectivity index (χ4n) is 8.50. The molecule has 0 unspecified atom stereocenters. The Morgan fingerprint density at radius 2 is 1.11 bits per heavy atom. The van der Waals surface area contributed by atoms with E-state index in [1.165, 1.54) is 41.7 Å². The second-order valence-corrected chi connectivity index (χ2v) is 14.8. The number of rotatable bonds is 3. The molecule has 0 aliphatic rings. The van der Waals surface area contributed by atoms with Gasteiger partial charge in [-0.05, 0) is 41.8 Å². The highest BCUT2D eigenvalue weighted by molar-refractivity contribution is 7.27. The van der Waals surface area contributed by atoms with Crippen LogP contribution in [-0.4, -0.2) is 24.5 Å². The maximum Gasteiger partial charge on any atom is 0.237 e. The van der Waals surface area contributed by atoms with E-state index in [1.54, 1.807) is 0 Å². The molecular weight excluding hydrogens is 679 g/mol. The highest BCUT2D eigenvalue weighted by Gasteiger charge is 2.23. The van der Waals surface area contributed by atoms with Crippen molar-refractivity contribution in [1.82, 2.24) is 24.5 Å². The van der Waals surface area contributed by atoms with Gasteiger partial charge in [0.25, 0.3) is 0 Å². The molecule has 6 heteroatoms. The quantitative estimate of drug-likeness (QED) is 0.172. The van der Waals surface area contributed by atoms with Gasteiger partial charge in [0.15, 0.2) is 0 Å². The number of para-hydroxylation sites is 2. The van der Waals surface area contributed by atoms with Gasteiger partial charge in [0.05, 0.1) is 27.9 Å². The first-order valence-corrected chi connectivity index (χ1v) is 18.9. The maximum atomic E-state index is 5.52. The van der Waals surface area contributed by atoms with Crippen LogP contribution in [0.1, 0.15) is 0 Å². The van der Waals surface area contributed by atoms with E-state index < -0.39 is 0 Å². The molecule has 0 atom stereocenters. The van der Waals surface area contributed by atoms with Crippen LogP contribution in [0.25, 0.3) is 114 Å². The van der Waals surface area contributed by atoms with Crippen LogP contribution < -0.4 is 0 Å². The van der Waals surface area contributed by atoms with E-state index >= 15 is 0 Å². The van der Waals surface area contributed by atoms with Gasteiger partial charge in [0.1, 0.15) is 5.65 Å². The Morgan fingerprint density at radius 1 is 0.426 bits per heavy atom. The average molecular weight is 706 g/mol. The van der Waals surface area contributed by atoms with Gasteiger partial charge < -0.3 is 0 Å². The summed E-state index contributed by atoms with van der Waals surface area (Å²) in [6.07, 6.45) is 1.85. The Hall–Kier alpha value is -7.02. The number of thiophene rings is 1. The molecule has 0 N–H and O–H groups in total.